The van der Waals surface area contributed by atoms with Gasteiger partial charge in [0.1, 0.15) is 5.82 Å². The fourth-order valence-electron chi connectivity index (χ4n) is 2.12. The van der Waals surface area contributed by atoms with Crippen molar-refractivity contribution in [2.24, 2.45) is 0 Å². The lowest BCUT2D eigenvalue weighted by Gasteiger charge is -2.30. The molecule has 0 atom stereocenters. The van der Waals surface area contributed by atoms with Crippen molar-refractivity contribution in [1.82, 2.24) is 14.9 Å². The summed E-state index contributed by atoms with van der Waals surface area (Å²) in [5.74, 6) is 1.43. The molecule has 1 aliphatic heterocycles. The Hall–Kier alpha value is -1.16. The molecule has 0 aromatic carbocycles. The number of rotatable bonds is 2. The SMILES string of the molecule is Cc1nc(C2CC2)cc(=O)n1C1CNC1. The molecule has 4 heteroatoms. The Kier molecular flexibility index (Phi) is 1.92. The maximum atomic E-state index is 11.9. The molecule has 0 unspecified atom stereocenters. The molecule has 1 aromatic rings. The lowest BCUT2D eigenvalue weighted by molar-refractivity contribution is 0.326. The smallest absolute Gasteiger partial charge is 0.254 e. The number of aryl methyl sites for hydroxylation is 1. The van der Waals surface area contributed by atoms with Gasteiger partial charge in [0, 0.05) is 25.1 Å². The third-order valence-corrected chi connectivity index (χ3v) is 3.27. The van der Waals surface area contributed by atoms with Crippen LogP contribution in [-0.2, 0) is 0 Å². The minimum absolute atomic E-state index is 0.121. The van der Waals surface area contributed by atoms with Crippen LogP contribution >= 0.6 is 0 Å². The highest BCUT2D eigenvalue weighted by atomic mass is 16.1. The molecule has 0 spiro atoms. The van der Waals surface area contributed by atoms with Crippen LogP contribution in [0.1, 0.15) is 36.3 Å². The molecule has 1 saturated heterocycles. The fraction of sp³-hybridized carbons (Fsp3) is 0.636. The van der Waals surface area contributed by atoms with Crippen LogP contribution in [0.3, 0.4) is 0 Å². The molecule has 4 nitrogen and oxygen atoms in total. The van der Waals surface area contributed by atoms with Crippen molar-refractivity contribution in [3.8, 4) is 0 Å². The Morgan fingerprint density at radius 2 is 2.20 bits per heavy atom. The predicted octanol–water partition coefficient (Wildman–Crippen LogP) is 0.573. The van der Waals surface area contributed by atoms with Crippen molar-refractivity contribution in [3.63, 3.8) is 0 Å². The van der Waals surface area contributed by atoms with E-state index in [-0.39, 0.29) is 5.56 Å². The van der Waals surface area contributed by atoms with Gasteiger partial charge >= 0.3 is 0 Å². The molecule has 2 fully saturated rings. The summed E-state index contributed by atoms with van der Waals surface area (Å²) in [6.07, 6.45) is 2.39. The van der Waals surface area contributed by atoms with Crippen LogP contribution in [0.5, 0.6) is 0 Å². The number of hydrogen-bond acceptors (Lipinski definition) is 3. The van der Waals surface area contributed by atoms with E-state index >= 15 is 0 Å². The third-order valence-electron chi connectivity index (χ3n) is 3.27. The summed E-state index contributed by atoms with van der Waals surface area (Å²) in [6.45, 7) is 3.72. The van der Waals surface area contributed by atoms with E-state index in [1.165, 1.54) is 12.8 Å². The Balaban J connectivity index is 2.03. The summed E-state index contributed by atoms with van der Waals surface area (Å²) in [6, 6.07) is 2.04. The van der Waals surface area contributed by atoms with Gasteiger partial charge in [-0.05, 0) is 19.8 Å². The molecule has 2 heterocycles. The second kappa shape index (κ2) is 3.17. The fourth-order valence-corrected chi connectivity index (χ4v) is 2.12. The zero-order valence-electron chi connectivity index (χ0n) is 8.86. The van der Waals surface area contributed by atoms with Gasteiger partial charge in [0.2, 0.25) is 0 Å². The lowest BCUT2D eigenvalue weighted by Crippen LogP contribution is -2.47. The van der Waals surface area contributed by atoms with Gasteiger partial charge in [-0.25, -0.2) is 4.98 Å². The summed E-state index contributed by atoms with van der Waals surface area (Å²) in [4.78, 5) is 16.5. The molecule has 1 N–H and O–H groups in total. The van der Waals surface area contributed by atoms with E-state index in [1.807, 2.05) is 11.5 Å². The summed E-state index contributed by atoms with van der Waals surface area (Å²) in [5, 5.41) is 3.18. The summed E-state index contributed by atoms with van der Waals surface area (Å²) in [7, 11) is 0. The van der Waals surface area contributed by atoms with Crippen LogP contribution in [0.15, 0.2) is 10.9 Å². The van der Waals surface area contributed by atoms with Crippen molar-refractivity contribution in [3.05, 3.63) is 27.9 Å². The average Bonchev–Trinajstić information content (AvgIpc) is 2.90. The van der Waals surface area contributed by atoms with Crippen molar-refractivity contribution < 1.29 is 0 Å². The van der Waals surface area contributed by atoms with Crippen LogP contribution in [0, 0.1) is 6.92 Å². The first-order chi connectivity index (χ1) is 7.25. The average molecular weight is 205 g/mol. The molecule has 2 aliphatic rings. The van der Waals surface area contributed by atoms with Crippen LogP contribution in [0.25, 0.3) is 0 Å². The van der Waals surface area contributed by atoms with Gasteiger partial charge in [-0.3, -0.25) is 9.36 Å². The molecular formula is C11H15N3O. The van der Waals surface area contributed by atoms with E-state index in [2.05, 4.69) is 10.3 Å². The van der Waals surface area contributed by atoms with Gasteiger partial charge in [0.05, 0.1) is 11.7 Å². The van der Waals surface area contributed by atoms with Gasteiger partial charge in [-0.1, -0.05) is 0 Å². The zero-order valence-corrected chi connectivity index (χ0v) is 8.86. The topological polar surface area (TPSA) is 46.9 Å². The van der Waals surface area contributed by atoms with Crippen LogP contribution in [0.2, 0.25) is 0 Å². The molecule has 0 amide bonds. The van der Waals surface area contributed by atoms with Crippen molar-refractivity contribution >= 4 is 0 Å². The summed E-state index contributed by atoms with van der Waals surface area (Å²) >= 11 is 0. The van der Waals surface area contributed by atoms with Crippen molar-refractivity contribution in [1.29, 1.82) is 0 Å². The lowest BCUT2D eigenvalue weighted by atomic mass is 10.1. The number of nitrogens with one attached hydrogen (secondary N) is 1. The number of hydrogen-bond donors (Lipinski definition) is 1. The van der Waals surface area contributed by atoms with E-state index < -0.39 is 0 Å². The molecular weight excluding hydrogens is 190 g/mol. The highest BCUT2D eigenvalue weighted by Gasteiger charge is 2.28. The Morgan fingerprint density at radius 1 is 1.47 bits per heavy atom. The second-order valence-electron chi connectivity index (χ2n) is 4.52. The molecule has 80 valence electrons. The largest absolute Gasteiger partial charge is 0.313 e. The molecule has 0 radical (unpaired) electrons. The highest BCUT2D eigenvalue weighted by molar-refractivity contribution is 5.15. The van der Waals surface area contributed by atoms with E-state index in [4.69, 9.17) is 0 Å². The van der Waals surface area contributed by atoms with Gasteiger partial charge < -0.3 is 5.32 Å². The minimum atomic E-state index is 0.121. The normalized spacial score (nSPS) is 21.4. The molecule has 15 heavy (non-hydrogen) atoms. The van der Waals surface area contributed by atoms with E-state index in [9.17, 15) is 4.79 Å². The summed E-state index contributed by atoms with van der Waals surface area (Å²) in [5.41, 5.74) is 1.12. The quantitative estimate of drug-likeness (QED) is 0.768. The maximum Gasteiger partial charge on any atom is 0.254 e. The maximum absolute atomic E-state index is 11.9. The molecule has 1 aliphatic carbocycles. The zero-order chi connectivity index (χ0) is 10.4. The van der Waals surface area contributed by atoms with Gasteiger partial charge in [-0.15, -0.1) is 0 Å². The van der Waals surface area contributed by atoms with Crippen molar-refractivity contribution in [2.75, 3.05) is 13.1 Å². The second-order valence-corrected chi connectivity index (χ2v) is 4.52. The van der Waals surface area contributed by atoms with Crippen LogP contribution < -0.4 is 10.9 Å². The molecule has 0 bridgehead atoms. The van der Waals surface area contributed by atoms with Gasteiger partial charge in [0.15, 0.2) is 0 Å². The first kappa shape index (κ1) is 9.09. The Labute approximate surface area is 88.3 Å². The highest BCUT2D eigenvalue weighted by Crippen LogP contribution is 2.38. The molecule has 3 rings (SSSR count). The van der Waals surface area contributed by atoms with E-state index in [0.717, 1.165) is 24.6 Å². The Bertz CT molecular complexity index is 444. The monoisotopic (exact) mass is 205 g/mol. The third kappa shape index (κ3) is 1.49. The van der Waals surface area contributed by atoms with Crippen molar-refractivity contribution in [2.45, 2.75) is 31.7 Å². The summed E-state index contributed by atoms with van der Waals surface area (Å²) < 4.78 is 1.82. The number of nitrogens with zero attached hydrogens (tertiary/aromatic N) is 2. The molecule has 1 aromatic heterocycles. The molecule has 1 saturated carbocycles. The number of aromatic nitrogens is 2. The van der Waals surface area contributed by atoms with Crippen LogP contribution in [-0.4, -0.2) is 22.6 Å². The predicted molar refractivity (Wildman–Crippen MR) is 57.1 cm³/mol. The standard InChI is InChI=1S/C11H15N3O/c1-7-13-10(8-2-3-8)4-11(15)14(7)9-5-12-6-9/h4,8-9,12H,2-3,5-6H2,1H3. The Morgan fingerprint density at radius 3 is 2.67 bits per heavy atom. The minimum Gasteiger partial charge on any atom is -0.313 e. The van der Waals surface area contributed by atoms with Crippen LogP contribution in [0.4, 0.5) is 0 Å². The van der Waals surface area contributed by atoms with Gasteiger partial charge in [0.25, 0.3) is 5.56 Å². The van der Waals surface area contributed by atoms with E-state index in [1.54, 1.807) is 6.07 Å². The van der Waals surface area contributed by atoms with Gasteiger partial charge in [-0.2, -0.15) is 0 Å². The first-order valence-corrected chi connectivity index (χ1v) is 5.56. The first-order valence-electron chi connectivity index (χ1n) is 5.56. The van der Waals surface area contributed by atoms with E-state index in [0.29, 0.717) is 12.0 Å².